The second-order valence-corrected chi connectivity index (χ2v) is 7.15. The van der Waals surface area contributed by atoms with Gasteiger partial charge in [-0.1, -0.05) is 35.9 Å². The van der Waals surface area contributed by atoms with Crippen molar-refractivity contribution in [2.24, 2.45) is 0 Å². The molecule has 0 aliphatic carbocycles. The summed E-state index contributed by atoms with van der Waals surface area (Å²) in [5.41, 5.74) is 7.82. The van der Waals surface area contributed by atoms with Gasteiger partial charge in [-0.3, -0.25) is 20.4 Å². The molecule has 7 heteroatoms. The van der Waals surface area contributed by atoms with Gasteiger partial charge in [0, 0.05) is 16.3 Å². The molecule has 0 bridgehead atoms. The number of piperazine rings is 1. The van der Waals surface area contributed by atoms with Crippen LogP contribution in [0.2, 0.25) is 5.02 Å². The van der Waals surface area contributed by atoms with Crippen LogP contribution >= 0.6 is 11.6 Å². The molecule has 6 nitrogen and oxygen atoms in total. The van der Waals surface area contributed by atoms with Crippen molar-refractivity contribution in [3.05, 3.63) is 64.7 Å². The first-order valence-electron chi connectivity index (χ1n) is 9.02. The van der Waals surface area contributed by atoms with Gasteiger partial charge in [0.25, 0.3) is 11.8 Å². The Morgan fingerprint density at radius 1 is 1.07 bits per heavy atom. The predicted molar refractivity (Wildman–Crippen MR) is 106 cm³/mol. The highest BCUT2D eigenvalue weighted by Gasteiger charge is 2.23. The lowest BCUT2D eigenvalue weighted by molar-refractivity contribution is -0.892. The number of halogens is 1. The van der Waals surface area contributed by atoms with E-state index < -0.39 is 0 Å². The van der Waals surface area contributed by atoms with Gasteiger partial charge < -0.3 is 9.80 Å². The molecule has 0 radical (unpaired) electrons. The summed E-state index contributed by atoms with van der Waals surface area (Å²) in [6, 6.07) is 14.7. The number of nitrogens with zero attached hydrogens (tertiary/aromatic N) is 1. The van der Waals surface area contributed by atoms with Crippen molar-refractivity contribution in [2.45, 2.75) is 6.92 Å². The Bertz CT molecular complexity index is 805. The van der Waals surface area contributed by atoms with Crippen LogP contribution in [0.1, 0.15) is 15.9 Å². The molecule has 1 aliphatic heterocycles. The first-order valence-corrected chi connectivity index (χ1v) is 9.39. The molecule has 2 amide bonds. The van der Waals surface area contributed by atoms with Crippen LogP contribution in [0.5, 0.6) is 0 Å². The van der Waals surface area contributed by atoms with Crippen molar-refractivity contribution >= 4 is 29.1 Å². The van der Waals surface area contributed by atoms with E-state index in [-0.39, 0.29) is 11.8 Å². The molecular weight excluding hydrogens is 364 g/mol. The first-order chi connectivity index (χ1) is 13.0. The van der Waals surface area contributed by atoms with Gasteiger partial charge in [0.2, 0.25) is 0 Å². The van der Waals surface area contributed by atoms with Gasteiger partial charge >= 0.3 is 0 Å². The molecule has 1 saturated heterocycles. The van der Waals surface area contributed by atoms with Crippen molar-refractivity contribution in [1.29, 1.82) is 0 Å². The van der Waals surface area contributed by atoms with E-state index in [9.17, 15) is 9.59 Å². The largest absolute Gasteiger partial charge is 0.360 e. The molecule has 0 spiro atoms. The highest BCUT2D eigenvalue weighted by molar-refractivity contribution is 6.30. The molecule has 0 saturated carbocycles. The molecule has 1 heterocycles. The molecule has 2 aromatic rings. The van der Waals surface area contributed by atoms with Crippen molar-refractivity contribution < 1.29 is 14.5 Å². The van der Waals surface area contributed by atoms with Gasteiger partial charge in [-0.05, 0) is 36.8 Å². The summed E-state index contributed by atoms with van der Waals surface area (Å²) >= 11 is 6.12. The van der Waals surface area contributed by atoms with Crippen LogP contribution in [0.3, 0.4) is 0 Å². The summed E-state index contributed by atoms with van der Waals surface area (Å²) < 4.78 is 0. The Morgan fingerprint density at radius 3 is 2.48 bits per heavy atom. The van der Waals surface area contributed by atoms with Crippen LogP contribution in [0, 0.1) is 6.92 Å². The maximum Gasteiger partial charge on any atom is 0.293 e. The second-order valence-electron chi connectivity index (χ2n) is 6.71. The number of hydrogen-bond acceptors (Lipinski definition) is 3. The fourth-order valence-electron chi connectivity index (χ4n) is 3.22. The lowest BCUT2D eigenvalue weighted by Crippen LogP contribution is -3.16. The summed E-state index contributed by atoms with van der Waals surface area (Å²) in [5, 5.41) is 0.735. The van der Waals surface area contributed by atoms with E-state index in [1.165, 1.54) is 10.5 Å². The van der Waals surface area contributed by atoms with Crippen molar-refractivity contribution in [2.75, 3.05) is 37.6 Å². The number of benzene rings is 2. The third-order valence-corrected chi connectivity index (χ3v) is 4.98. The molecule has 3 rings (SSSR count). The first kappa shape index (κ1) is 19.2. The van der Waals surface area contributed by atoms with Crippen LogP contribution in [-0.2, 0) is 4.79 Å². The predicted octanol–water partition coefficient (Wildman–Crippen LogP) is 0.815. The summed E-state index contributed by atoms with van der Waals surface area (Å²) in [4.78, 5) is 27.6. The second kappa shape index (κ2) is 8.88. The minimum Gasteiger partial charge on any atom is -0.360 e. The summed E-state index contributed by atoms with van der Waals surface area (Å²) in [6.45, 7) is 5.84. The smallest absolute Gasteiger partial charge is 0.293 e. The molecule has 1 fully saturated rings. The Morgan fingerprint density at radius 2 is 1.78 bits per heavy atom. The third kappa shape index (κ3) is 5.21. The maximum atomic E-state index is 12.1. The number of hydrogen-bond donors (Lipinski definition) is 3. The van der Waals surface area contributed by atoms with Crippen LogP contribution in [0.15, 0.2) is 48.5 Å². The molecule has 27 heavy (non-hydrogen) atoms. The SMILES string of the molecule is Cc1ccc(Cl)cc1N1CC[NH+](CC(=O)NNC(=O)c2ccccc2)CC1. The Kier molecular flexibility index (Phi) is 6.32. The molecule has 142 valence electrons. The van der Waals surface area contributed by atoms with Gasteiger partial charge in [-0.15, -0.1) is 0 Å². The minimum absolute atomic E-state index is 0.193. The Hall–Kier alpha value is -2.57. The zero-order valence-corrected chi connectivity index (χ0v) is 16.1. The number of anilines is 1. The lowest BCUT2D eigenvalue weighted by Gasteiger charge is -2.34. The topological polar surface area (TPSA) is 65.9 Å². The van der Waals surface area contributed by atoms with E-state index in [0.717, 1.165) is 36.9 Å². The number of aryl methyl sites for hydroxylation is 1. The van der Waals surface area contributed by atoms with Crippen LogP contribution < -0.4 is 20.7 Å². The molecule has 3 N–H and O–H groups in total. The van der Waals surface area contributed by atoms with Gasteiger partial charge in [-0.25, -0.2) is 0 Å². The van der Waals surface area contributed by atoms with Gasteiger partial charge in [0.15, 0.2) is 6.54 Å². The fourth-order valence-corrected chi connectivity index (χ4v) is 3.39. The Labute approximate surface area is 164 Å². The third-order valence-electron chi connectivity index (χ3n) is 4.74. The molecule has 0 atom stereocenters. The van der Waals surface area contributed by atoms with Crippen molar-refractivity contribution in [3.63, 3.8) is 0 Å². The van der Waals surface area contributed by atoms with Gasteiger partial charge in [0.05, 0.1) is 26.2 Å². The van der Waals surface area contributed by atoms with E-state index in [1.54, 1.807) is 24.3 Å². The quantitative estimate of drug-likeness (QED) is 0.680. The lowest BCUT2D eigenvalue weighted by atomic mass is 10.1. The Balaban J connectivity index is 1.44. The van der Waals surface area contributed by atoms with Crippen LogP contribution in [-0.4, -0.2) is 44.5 Å². The van der Waals surface area contributed by atoms with E-state index in [2.05, 4.69) is 22.7 Å². The summed E-state index contributed by atoms with van der Waals surface area (Å²) in [7, 11) is 0. The number of quaternary nitrogens is 1. The van der Waals surface area contributed by atoms with E-state index in [0.29, 0.717) is 12.1 Å². The van der Waals surface area contributed by atoms with E-state index in [1.807, 2.05) is 24.3 Å². The zero-order chi connectivity index (χ0) is 19.2. The zero-order valence-electron chi connectivity index (χ0n) is 15.3. The van der Waals surface area contributed by atoms with Crippen LogP contribution in [0.4, 0.5) is 5.69 Å². The van der Waals surface area contributed by atoms with E-state index >= 15 is 0 Å². The number of amides is 2. The van der Waals surface area contributed by atoms with Gasteiger partial charge in [-0.2, -0.15) is 0 Å². The highest BCUT2D eigenvalue weighted by atomic mass is 35.5. The number of hydrazine groups is 1. The van der Waals surface area contributed by atoms with Crippen LogP contribution in [0.25, 0.3) is 0 Å². The number of carbonyl (C=O) groups is 2. The molecule has 2 aromatic carbocycles. The maximum absolute atomic E-state index is 12.1. The van der Waals surface area contributed by atoms with Crippen molar-refractivity contribution in [3.8, 4) is 0 Å². The average molecular weight is 388 g/mol. The molecule has 0 unspecified atom stereocenters. The average Bonchev–Trinajstić information content (AvgIpc) is 2.69. The normalized spacial score (nSPS) is 14.7. The molecule has 1 aliphatic rings. The number of rotatable bonds is 4. The standard InChI is InChI=1S/C20H23ClN4O2/c1-15-7-8-17(21)13-18(15)25-11-9-24(10-12-25)14-19(26)22-23-20(27)16-5-3-2-4-6-16/h2-8,13H,9-12,14H2,1H3,(H,22,26)(H,23,27)/p+1. The fraction of sp³-hybridized carbons (Fsp3) is 0.300. The monoisotopic (exact) mass is 387 g/mol. The van der Waals surface area contributed by atoms with Gasteiger partial charge in [0.1, 0.15) is 0 Å². The number of carbonyl (C=O) groups excluding carboxylic acids is 2. The summed E-state index contributed by atoms with van der Waals surface area (Å²) in [6.07, 6.45) is 0. The molecule has 0 aromatic heterocycles. The van der Waals surface area contributed by atoms with Crippen molar-refractivity contribution in [1.82, 2.24) is 10.9 Å². The summed E-state index contributed by atoms with van der Waals surface area (Å²) in [5.74, 6) is -0.512. The van der Waals surface area contributed by atoms with E-state index in [4.69, 9.17) is 11.6 Å². The number of nitrogens with one attached hydrogen (secondary N) is 3. The highest BCUT2D eigenvalue weighted by Crippen LogP contribution is 2.24. The minimum atomic E-state index is -0.319. The molecular formula is C20H24ClN4O2+.